The molecule has 1 aliphatic carbocycles. The Morgan fingerprint density at radius 1 is 1.44 bits per heavy atom. The van der Waals surface area contributed by atoms with Crippen molar-refractivity contribution in [1.29, 1.82) is 0 Å². The molecule has 0 aromatic heterocycles. The van der Waals surface area contributed by atoms with E-state index < -0.39 is 36.2 Å². The minimum atomic E-state index is -0.632. The van der Waals surface area contributed by atoms with Crippen LogP contribution >= 0.6 is 0 Å². The summed E-state index contributed by atoms with van der Waals surface area (Å²) < 4.78 is 11.1. The predicted molar refractivity (Wildman–Crippen MR) is 94.6 cm³/mol. The second-order valence-electron chi connectivity index (χ2n) is 6.75. The lowest BCUT2D eigenvalue weighted by Gasteiger charge is -2.28. The van der Waals surface area contributed by atoms with Gasteiger partial charge in [0.25, 0.3) is 0 Å². The van der Waals surface area contributed by atoms with Crippen LogP contribution in [0.15, 0.2) is 47.1 Å². The molecule has 5 nitrogen and oxygen atoms in total. The third-order valence-corrected chi connectivity index (χ3v) is 4.84. The van der Waals surface area contributed by atoms with E-state index in [0.29, 0.717) is 24.0 Å². The van der Waals surface area contributed by atoms with Crippen molar-refractivity contribution in [2.45, 2.75) is 58.8 Å². The average Bonchev–Trinajstić information content (AvgIpc) is 2.84. The number of carbonyl (C=O) groups is 2. The zero-order valence-corrected chi connectivity index (χ0v) is 15.2. The van der Waals surface area contributed by atoms with Gasteiger partial charge in [-0.25, -0.2) is 9.59 Å². The summed E-state index contributed by atoms with van der Waals surface area (Å²) in [6, 6.07) is 0. The molecule has 136 valence electrons. The second kappa shape index (κ2) is 7.83. The Balaban J connectivity index is 2.42. The van der Waals surface area contributed by atoms with E-state index in [1.807, 2.05) is 13.0 Å². The van der Waals surface area contributed by atoms with E-state index in [4.69, 9.17) is 9.47 Å². The van der Waals surface area contributed by atoms with E-state index in [-0.39, 0.29) is 0 Å². The summed E-state index contributed by atoms with van der Waals surface area (Å²) in [5, 5.41) is 10.2. The van der Waals surface area contributed by atoms with Gasteiger partial charge in [0.15, 0.2) is 0 Å². The second-order valence-corrected chi connectivity index (χ2v) is 6.75. The number of hydrogen-bond acceptors (Lipinski definition) is 5. The van der Waals surface area contributed by atoms with Gasteiger partial charge in [-0.3, -0.25) is 0 Å². The van der Waals surface area contributed by atoms with Crippen molar-refractivity contribution in [2.75, 3.05) is 0 Å². The van der Waals surface area contributed by atoms with Crippen LogP contribution in [-0.2, 0) is 19.1 Å². The van der Waals surface area contributed by atoms with Gasteiger partial charge in [0.2, 0.25) is 0 Å². The van der Waals surface area contributed by atoms with Gasteiger partial charge in [0, 0.05) is 17.6 Å². The van der Waals surface area contributed by atoms with Crippen molar-refractivity contribution < 1.29 is 24.2 Å². The first-order chi connectivity index (χ1) is 11.7. The molecule has 1 aliphatic heterocycles. The van der Waals surface area contributed by atoms with Crippen LogP contribution in [0.4, 0.5) is 0 Å². The highest BCUT2D eigenvalue weighted by Gasteiger charge is 2.44. The largest absolute Gasteiger partial charge is 0.458 e. The monoisotopic (exact) mass is 346 g/mol. The molecule has 25 heavy (non-hydrogen) atoms. The third-order valence-electron chi connectivity index (χ3n) is 4.84. The topological polar surface area (TPSA) is 72.8 Å². The minimum absolute atomic E-state index is 0.299. The first kappa shape index (κ1) is 19.2. The van der Waals surface area contributed by atoms with Gasteiger partial charge in [0.05, 0.1) is 12.0 Å². The van der Waals surface area contributed by atoms with Gasteiger partial charge in [-0.15, -0.1) is 0 Å². The van der Waals surface area contributed by atoms with Gasteiger partial charge in [0.1, 0.15) is 12.2 Å². The normalized spacial score (nSPS) is 35.0. The number of esters is 2. The highest BCUT2D eigenvalue weighted by Crippen LogP contribution is 2.36. The van der Waals surface area contributed by atoms with Crippen molar-refractivity contribution in [3.63, 3.8) is 0 Å². The van der Waals surface area contributed by atoms with Crippen molar-refractivity contribution in [1.82, 2.24) is 0 Å². The fourth-order valence-electron chi connectivity index (χ4n) is 3.04. The molecular weight excluding hydrogens is 320 g/mol. The maximum atomic E-state index is 12.3. The zero-order chi connectivity index (χ0) is 18.7. The minimum Gasteiger partial charge on any atom is -0.458 e. The molecule has 1 heterocycles. The maximum absolute atomic E-state index is 12.3. The molecule has 1 saturated heterocycles. The summed E-state index contributed by atoms with van der Waals surface area (Å²) >= 11 is 0. The highest BCUT2D eigenvalue weighted by molar-refractivity contribution is 5.92. The van der Waals surface area contributed by atoms with E-state index in [1.165, 1.54) is 0 Å². The third kappa shape index (κ3) is 4.28. The predicted octanol–water partition coefficient (Wildman–Crippen LogP) is 3.01. The number of aliphatic hydroxyl groups excluding tert-OH is 1. The first-order valence-corrected chi connectivity index (χ1v) is 8.50. The Hall–Kier alpha value is -2.14. The highest BCUT2D eigenvalue weighted by atomic mass is 16.6. The SMILES string of the molecule is C=C1C(=O)O[C@H]2/C=C(/C)[C@@H](O)C/C=C(/C)C[C@H](OC(=O)/C(C)=C/C)[C@@H]12. The molecule has 0 saturated carbocycles. The van der Waals surface area contributed by atoms with Gasteiger partial charge < -0.3 is 14.6 Å². The van der Waals surface area contributed by atoms with Crippen molar-refractivity contribution in [2.24, 2.45) is 5.92 Å². The number of ether oxygens (including phenoxy) is 2. The molecule has 4 atom stereocenters. The number of hydrogen-bond donors (Lipinski definition) is 1. The first-order valence-electron chi connectivity index (χ1n) is 8.50. The van der Waals surface area contributed by atoms with E-state index in [0.717, 1.165) is 11.1 Å². The summed E-state index contributed by atoms with van der Waals surface area (Å²) in [6.45, 7) is 11.0. The van der Waals surface area contributed by atoms with E-state index in [9.17, 15) is 14.7 Å². The molecule has 5 heteroatoms. The maximum Gasteiger partial charge on any atom is 0.334 e. The molecule has 2 aliphatic rings. The molecule has 1 fully saturated rings. The van der Waals surface area contributed by atoms with E-state index in [1.54, 1.807) is 32.9 Å². The molecule has 0 aromatic rings. The summed E-state index contributed by atoms with van der Waals surface area (Å²) in [5.41, 5.74) is 2.51. The molecule has 0 bridgehead atoms. The number of fused-ring (bicyclic) bond motifs is 1. The number of aliphatic hydroxyl groups is 1. The van der Waals surface area contributed by atoms with Crippen LogP contribution in [0.2, 0.25) is 0 Å². The van der Waals surface area contributed by atoms with Gasteiger partial charge in [-0.05, 0) is 45.8 Å². The Bertz CT molecular complexity index is 668. The average molecular weight is 346 g/mol. The Morgan fingerprint density at radius 3 is 2.76 bits per heavy atom. The van der Waals surface area contributed by atoms with Crippen LogP contribution in [0.3, 0.4) is 0 Å². The van der Waals surface area contributed by atoms with E-state index in [2.05, 4.69) is 6.58 Å². The van der Waals surface area contributed by atoms with Crippen LogP contribution in [0.25, 0.3) is 0 Å². The Morgan fingerprint density at radius 2 is 2.12 bits per heavy atom. The van der Waals surface area contributed by atoms with Crippen LogP contribution in [-0.4, -0.2) is 35.4 Å². The number of carbonyl (C=O) groups excluding carboxylic acids is 2. The molecule has 0 amide bonds. The fraction of sp³-hybridized carbons (Fsp3) is 0.500. The standard InChI is InChI=1S/C20H26O5/c1-6-12(3)19(22)24-16-9-11(2)7-8-15(21)13(4)10-17-18(16)14(5)20(23)25-17/h6-7,10,15-18,21H,5,8-9H2,1-4H3/b11-7-,12-6+,13-10-/t15-,16-,17-,18+/m0/s1. The molecule has 0 radical (unpaired) electrons. The molecular formula is C20H26O5. The molecule has 0 spiro atoms. The quantitative estimate of drug-likeness (QED) is 0.473. The fourth-order valence-corrected chi connectivity index (χ4v) is 3.04. The van der Waals surface area contributed by atoms with Crippen LogP contribution in [0.1, 0.15) is 40.5 Å². The Labute approximate surface area is 148 Å². The van der Waals surface area contributed by atoms with Crippen LogP contribution in [0.5, 0.6) is 0 Å². The summed E-state index contributed by atoms with van der Waals surface area (Å²) in [7, 11) is 0. The molecule has 0 unspecified atom stereocenters. The van der Waals surface area contributed by atoms with Crippen molar-refractivity contribution in [3.05, 3.63) is 47.1 Å². The zero-order valence-electron chi connectivity index (χ0n) is 15.2. The lowest BCUT2D eigenvalue weighted by Crippen LogP contribution is -2.34. The smallest absolute Gasteiger partial charge is 0.334 e. The molecule has 1 N–H and O–H groups in total. The summed E-state index contributed by atoms with van der Waals surface area (Å²) in [5.74, 6) is -1.37. The van der Waals surface area contributed by atoms with E-state index >= 15 is 0 Å². The molecule has 0 aromatic carbocycles. The lowest BCUT2D eigenvalue weighted by molar-refractivity contribution is -0.147. The van der Waals surface area contributed by atoms with Crippen molar-refractivity contribution >= 4 is 11.9 Å². The lowest BCUT2D eigenvalue weighted by atomic mass is 9.85. The number of rotatable bonds is 2. The van der Waals surface area contributed by atoms with Gasteiger partial charge >= 0.3 is 11.9 Å². The van der Waals surface area contributed by atoms with Gasteiger partial charge in [-0.2, -0.15) is 0 Å². The summed E-state index contributed by atoms with van der Waals surface area (Å²) in [4.78, 5) is 24.3. The number of allylic oxidation sites excluding steroid dienone is 1. The van der Waals surface area contributed by atoms with Crippen LogP contribution in [0, 0.1) is 5.92 Å². The van der Waals surface area contributed by atoms with Gasteiger partial charge in [-0.1, -0.05) is 24.3 Å². The van der Waals surface area contributed by atoms with Crippen LogP contribution < -0.4 is 0 Å². The summed E-state index contributed by atoms with van der Waals surface area (Å²) in [6.07, 6.45) is 4.51. The Kier molecular flexibility index (Phi) is 6.01. The molecule has 2 rings (SSSR count). The van der Waals surface area contributed by atoms with Crippen molar-refractivity contribution in [3.8, 4) is 0 Å².